The number of hydrogen-bond acceptors (Lipinski definition) is 5. The van der Waals surface area contributed by atoms with E-state index in [1.807, 2.05) is 0 Å². The summed E-state index contributed by atoms with van der Waals surface area (Å²) in [6, 6.07) is 14.2. The third kappa shape index (κ3) is 7.20. The van der Waals surface area contributed by atoms with Crippen LogP contribution in [0.3, 0.4) is 0 Å². The van der Waals surface area contributed by atoms with E-state index in [9.17, 15) is 22.4 Å². The van der Waals surface area contributed by atoms with Crippen LogP contribution in [0, 0.1) is 5.82 Å². The first-order valence-electron chi connectivity index (χ1n) is 11.9. The first kappa shape index (κ1) is 30.2. The minimum Gasteiger partial charge on any atom is -0.494 e. The van der Waals surface area contributed by atoms with Gasteiger partial charge in [0.15, 0.2) is 0 Å². The number of ether oxygens (including phenoxy) is 1. The summed E-state index contributed by atoms with van der Waals surface area (Å²) in [5.41, 5.74) is 0.453. The standard InChI is InChI=1S/C27H28Cl2FN3O5S/c1-4-38-21-12-14-22(15-13-21)39(36,37)33(20-10-8-19(30)9-11-20)17-26(34)32(18(2)27(35)31-3)16-23-24(28)6-5-7-25(23)29/h5-15,18H,4,16-17H2,1-3H3,(H,31,35). The first-order valence-corrected chi connectivity index (χ1v) is 14.1. The number of anilines is 1. The highest BCUT2D eigenvalue weighted by Gasteiger charge is 2.33. The molecule has 208 valence electrons. The molecule has 1 N–H and O–H groups in total. The van der Waals surface area contributed by atoms with Crippen molar-refractivity contribution in [1.29, 1.82) is 0 Å². The van der Waals surface area contributed by atoms with Crippen molar-refractivity contribution in [3.63, 3.8) is 0 Å². The Morgan fingerprint density at radius 1 is 1.00 bits per heavy atom. The van der Waals surface area contributed by atoms with Crippen molar-refractivity contribution in [2.75, 3.05) is 24.5 Å². The van der Waals surface area contributed by atoms with Gasteiger partial charge in [0, 0.05) is 29.2 Å². The molecule has 0 aliphatic rings. The van der Waals surface area contributed by atoms with E-state index in [1.165, 1.54) is 55.3 Å². The van der Waals surface area contributed by atoms with Gasteiger partial charge in [0.05, 0.1) is 17.2 Å². The monoisotopic (exact) mass is 595 g/mol. The van der Waals surface area contributed by atoms with Crippen LogP contribution < -0.4 is 14.4 Å². The summed E-state index contributed by atoms with van der Waals surface area (Å²) in [7, 11) is -2.89. The average Bonchev–Trinajstić information content (AvgIpc) is 2.91. The molecular weight excluding hydrogens is 568 g/mol. The largest absolute Gasteiger partial charge is 0.494 e. The molecule has 0 saturated heterocycles. The lowest BCUT2D eigenvalue weighted by atomic mass is 10.1. The quantitative estimate of drug-likeness (QED) is 0.340. The van der Waals surface area contributed by atoms with Gasteiger partial charge >= 0.3 is 0 Å². The fourth-order valence-corrected chi connectivity index (χ4v) is 5.71. The summed E-state index contributed by atoms with van der Waals surface area (Å²) >= 11 is 12.7. The van der Waals surface area contributed by atoms with E-state index in [0.717, 1.165) is 16.4 Å². The second kappa shape index (κ2) is 13.1. The molecule has 0 aliphatic carbocycles. The third-order valence-corrected chi connectivity index (χ3v) is 8.42. The molecule has 8 nitrogen and oxygen atoms in total. The lowest BCUT2D eigenvalue weighted by molar-refractivity contribution is -0.139. The van der Waals surface area contributed by atoms with E-state index in [2.05, 4.69) is 5.32 Å². The number of nitrogens with one attached hydrogen (secondary N) is 1. The molecule has 0 fully saturated rings. The molecule has 0 aliphatic heterocycles. The van der Waals surface area contributed by atoms with Crippen LogP contribution >= 0.6 is 23.2 Å². The van der Waals surface area contributed by atoms with Crippen LogP contribution in [0.2, 0.25) is 10.0 Å². The van der Waals surface area contributed by atoms with Gasteiger partial charge in [-0.2, -0.15) is 0 Å². The van der Waals surface area contributed by atoms with Crippen LogP contribution in [0.25, 0.3) is 0 Å². The predicted octanol–water partition coefficient (Wildman–Crippen LogP) is 4.89. The summed E-state index contributed by atoms with van der Waals surface area (Å²) < 4.78 is 47.5. The normalized spacial score (nSPS) is 11.9. The van der Waals surface area contributed by atoms with E-state index in [1.54, 1.807) is 25.1 Å². The maximum absolute atomic E-state index is 13.8. The Morgan fingerprint density at radius 3 is 2.13 bits per heavy atom. The number of benzene rings is 3. The van der Waals surface area contributed by atoms with E-state index in [0.29, 0.717) is 17.9 Å². The highest BCUT2D eigenvalue weighted by atomic mass is 35.5. The summed E-state index contributed by atoms with van der Waals surface area (Å²) in [5, 5.41) is 3.05. The number of sulfonamides is 1. The fourth-order valence-electron chi connectivity index (χ4n) is 3.78. The Hall–Kier alpha value is -3.34. The Kier molecular flexibility index (Phi) is 10.2. The van der Waals surface area contributed by atoms with Crippen LogP contribution in [-0.2, 0) is 26.2 Å². The summed E-state index contributed by atoms with van der Waals surface area (Å²) in [6.07, 6.45) is 0. The van der Waals surface area contributed by atoms with Gasteiger partial charge in [-0.25, -0.2) is 12.8 Å². The number of nitrogens with zero attached hydrogens (tertiary/aromatic N) is 2. The zero-order chi connectivity index (χ0) is 28.7. The van der Waals surface area contributed by atoms with Gasteiger partial charge in [0.2, 0.25) is 11.8 Å². The molecule has 3 rings (SSSR count). The molecule has 1 atom stereocenters. The molecular formula is C27H28Cl2FN3O5S. The lowest BCUT2D eigenvalue weighted by Gasteiger charge is -2.32. The third-order valence-electron chi connectivity index (χ3n) is 5.92. The van der Waals surface area contributed by atoms with E-state index < -0.39 is 40.2 Å². The maximum Gasteiger partial charge on any atom is 0.264 e. The number of carbonyl (C=O) groups is 2. The SMILES string of the molecule is CCOc1ccc(S(=O)(=O)N(CC(=O)N(Cc2c(Cl)cccc2Cl)C(C)C(=O)NC)c2ccc(F)cc2)cc1. The second-order valence-corrected chi connectivity index (χ2v) is 11.1. The van der Waals surface area contributed by atoms with E-state index >= 15 is 0 Å². The van der Waals surface area contributed by atoms with Crippen LogP contribution in [-0.4, -0.2) is 51.4 Å². The van der Waals surface area contributed by atoms with E-state index in [4.69, 9.17) is 27.9 Å². The van der Waals surface area contributed by atoms with Crippen molar-refractivity contribution >= 4 is 50.7 Å². The molecule has 3 aromatic rings. The van der Waals surface area contributed by atoms with Crippen molar-refractivity contribution in [3.8, 4) is 5.75 Å². The van der Waals surface area contributed by atoms with Gasteiger partial charge in [-0.3, -0.25) is 13.9 Å². The van der Waals surface area contributed by atoms with Crippen molar-refractivity contribution in [2.45, 2.75) is 31.3 Å². The number of hydrogen-bond donors (Lipinski definition) is 1. The highest BCUT2D eigenvalue weighted by molar-refractivity contribution is 7.92. The molecule has 0 radical (unpaired) electrons. The summed E-state index contributed by atoms with van der Waals surface area (Å²) in [6.45, 7) is 2.85. The average molecular weight is 597 g/mol. The number of halogens is 3. The van der Waals surface area contributed by atoms with Crippen LogP contribution in [0.15, 0.2) is 71.6 Å². The zero-order valence-electron chi connectivity index (χ0n) is 21.5. The topological polar surface area (TPSA) is 96.0 Å². The molecule has 0 aromatic heterocycles. The number of likely N-dealkylation sites (N-methyl/N-ethyl adjacent to an activating group) is 1. The molecule has 12 heteroatoms. The summed E-state index contributed by atoms with van der Waals surface area (Å²) in [4.78, 5) is 27.4. The van der Waals surface area contributed by atoms with Gasteiger partial charge < -0.3 is 15.0 Å². The summed E-state index contributed by atoms with van der Waals surface area (Å²) in [5.74, 6) is -1.29. The van der Waals surface area contributed by atoms with Crippen molar-refractivity contribution in [2.24, 2.45) is 0 Å². The minimum atomic E-state index is -4.31. The zero-order valence-corrected chi connectivity index (χ0v) is 23.9. The predicted molar refractivity (Wildman–Crippen MR) is 149 cm³/mol. The Bertz CT molecular complexity index is 1400. The number of carbonyl (C=O) groups excluding carboxylic acids is 2. The molecule has 0 spiro atoms. The Labute approximate surface area is 237 Å². The highest BCUT2D eigenvalue weighted by Crippen LogP contribution is 2.29. The van der Waals surface area contributed by atoms with E-state index in [-0.39, 0.29) is 27.2 Å². The van der Waals surface area contributed by atoms with Gasteiger partial charge in [0.1, 0.15) is 24.2 Å². The second-order valence-electron chi connectivity index (χ2n) is 8.40. The van der Waals surface area contributed by atoms with Gasteiger partial charge in [0.25, 0.3) is 10.0 Å². The van der Waals surface area contributed by atoms with Crippen LogP contribution in [0.1, 0.15) is 19.4 Å². The van der Waals surface area contributed by atoms with Crippen molar-refractivity contribution < 1.29 is 27.1 Å². The first-order chi connectivity index (χ1) is 18.5. The minimum absolute atomic E-state index is 0.0574. The Morgan fingerprint density at radius 2 is 1.59 bits per heavy atom. The van der Waals surface area contributed by atoms with Crippen LogP contribution in [0.4, 0.5) is 10.1 Å². The molecule has 39 heavy (non-hydrogen) atoms. The lowest BCUT2D eigenvalue weighted by Crippen LogP contribution is -2.50. The Balaban J connectivity index is 2.05. The molecule has 0 saturated carbocycles. The molecule has 0 heterocycles. The number of rotatable bonds is 11. The molecule has 0 bridgehead atoms. The van der Waals surface area contributed by atoms with Crippen molar-refractivity contribution in [1.82, 2.24) is 10.2 Å². The maximum atomic E-state index is 13.8. The van der Waals surface area contributed by atoms with Gasteiger partial charge in [-0.1, -0.05) is 29.3 Å². The molecule has 1 unspecified atom stereocenters. The fraction of sp³-hybridized carbons (Fsp3) is 0.259. The molecule has 2 amide bonds. The molecule has 3 aromatic carbocycles. The van der Waals surface area contributed by atoms with Gasteiger partial charge in [-0.05, 0) is 74.5 Å². The van der Waals surface area contributed by atoms with Crippen LogP contribution in [0.5, 0.6) is 5.75 Å². The van der Waals surface area contributed by atoms with Crippen molar-refractivity contribution in [3.05, 3.63) is 88.2 Å². The number of amides is 2. The smallest absolute Gasteiger partial charge is 0.264 e. The van der Waals surface area contributed by atoms with Gasteiger partial charge in [-0.15, -0.1) is 0 Å².